The Hall–Kier alpha value is -3.15. The summed E-state index contributed by atoms with van der Waals surface area (Å²) in [4.78, 5) is 27.8. The summed E-state index contributed by atoms with van der Waals surface area (Å²) in [7, 11) is -3.78. The number of aromatic nitrogens is 1. The molecular weight excluding hydrogens is 596 g/mol. The SMILES string of the molecule is CS(=O)(=O)NC(=O)c1ccc(N2C3CCC2CC(OC(=O)c2c(-c4c(Cl)cccc4Cl)noc2C2CC2)C3)c(F)c1. The molecule has 2 aromatic carbocycles. The quantitative estimate of drug-likeness (QED) is 0.333. The Morgan fingerprint density at radius 3 is 2.32 bits per heavy atom. The molecule has 0 radical (unpaired) electrons. The zero-order valence-corrected chi connectivity index (χ0v) is 24.2. The van der Waals surface area contributed by atoms with Crippen molar-refractivity contribution in [2.24, 2.45) is 0 Å². The third kappa shape index (κ3) is 5.54. The molecule has 2 atom stereocenters. The second kappa shape index (κ2) is 10.6. The first kappa shape index (κ1) is 28.0. The average Bonchev–Trinajstić information content (AvgIpc) is 3.59. The summed E-state index contributed by atoms with van der Waals surface area (Å²) in [6.07, 6.45) is 4.77. The lowest BCUT2D eigenvalue weighted by Gasteiger charge is -2.40. The standard InChI is InChI=1S/C28H26Cl2FN3O6S/c1-41(37,38)33-27(35)15-7-10-22(21(31)11-15)34-16-8-9-17(34)13-18(12-16)39-28(36)24-25(32-40-26(24)14-5-6-14)23-19(29)3-2-4-20(23)30/h2-4,7,10-11,14,16-18H,5-6,8-9,12-13H2,1H3,(H,33,35). The fraction of sp³-hybridized carbons (Fsp3) is 0.393. The van der Waals surface area contributed by atoms with Gasteiger partial charge in [-0.25, -0.2) is 22.3 Å². The average molecular weight is 623 g/mol. The maximum atomic E-state index is 15.2. The van der Waals surface area contributed by atoms with E-state index in [-0.39, 0.29) is 34.8 Å². The van der Waals surface area contributed by atoms with Gasteiger partial charge in [-0.2, -0.15) is 0 Å². The van der Waals surface area contributed by atoms with Crippen molar-refractivity contribution in [2.45, 2.75) is 62.6 Å². The van der Waals surface area contributed by atoms with Gasteiger partial charge in [-0.15, -0.1) is 0 Å². The molecule has 3 aliphatic rings. The number of halogens is 3. The summed E-state index contributed by atoms with van der Waals surface area (Å²) >= 11 is 12.8. The number of rotatable bonds is 7. The summed E-state index contributed by atoms with van der Waals surface area (Å²) < 4.78 is 51.4. The van der Waals surface area contributed by atoms with E-state index in [1.54, 1.807) is 18.2 Å². The molecule has 1 aromatic heterocycles. The number of carbonyl (C=O) groups excluding carboxylic acids is 2. The largest absolute Gasteiger partial charge is 0.458 e. The number of hydrogen-bond acceptors (Lipinski definition) is 8. The molecule has 6 rings (SSSR count). The van der Waals surface area contributed by atoms with Crippen LogP contribution in [0.15, 0.2) is 40.9 Å². The number of fused-ring (bicyclic) bond motifs is 2. The highest BCUT2D eigenvalue weighted by molar-refractivity contribution is 7.89. The van der Waals surface area contributed by atoms with E-state index in [2.05, 4.69) is 5.16 Å². The van der Waals surface area contributed by atoms with Gasteiger partial charge in [0.05, 0.1) is 22.0 Å². The Labute approximate surface area is 246 Å². The molecule has 216 valence electrons. The monoisotopic (exact) mass is 621 g/mol. The van der Waals surface area contributed by atoms with Crippen molar-refractivity contribution < 1.29 is 31.7 Å². The maximum Gasteiger partial charge on any atom is 0.344 e. The van der Waals surface area contributed by atoms with Crippen LogP contribution in [-0.4, -0.2) is 49.9 Å². The molecule has 2 aliphatic heterocycles. The normalized spacial score (nSPS) is 22.0. The van der Waals surface area contributed by atoms with Crippen molar-refractivity contribution in [3.8, 4) is 11.3 Å². The molecule has 9 nitrogen and oxygen atoms in total. The second-order valence-corrected chi connectivity index (χ2v) is 13.4. The van der Waals surface area contributed by atoms with Gasteiger partial charge in [0.2, 0.25) is 10.0 Å². The maximum absolute atomic E-state index is 15.2. The number of carbonyl (C=O) groups is 2. The third-order valence-electron chi connectivity index (χ3n) is 7.80. The topological polar surface area (TPSA) is 119 Å². The second-order valence-electron chi connectivity index (χ2n) is 10.8. The molecule has 1 amide bonds. The number of esters is 1. The lowest BCUT2D eigenvalue weighted by Crippen LogP contribution is -2.46. The molecule has 0 spiro atoms. The number of nitrogens with zero attached hydrogens (tertiary/aromatic N) is 2. The van der Waals surface area contributed by atoms with E-state index in [0.29, 0.717) is 39.9 Å². The van der Waals surface area contributed by atoms with Crippen LogP contribution in [0.1, 0.15) is 70.9 Å². The number of nitrogens with one attached hydrogen (secondary N) is 1. The van der Waals surface area contributed by atoms with Gasteiger partial charge in [0.15, 0.2) is 5.76 Å². The fourth-order valence-electron chi connectivity index (χ4n) is 5.93. The molecule has 41 heavy (non-hydrogen) atoms. The molecule has 2 bridgehead atoms. The predicted octanol–water partition coefficient (Wildman–Crippen LogP) is 5.71. The number of amides is 1. The van der Waals surface area contributed by atoms with Crippen LogP contribution in [0, 0.1) is 5.82 Å². The van der Waals surface area contributed by atoms with Crippen LogP contribution < -0.4 is 9.62 Å². The minimum absolute atomic E-state index is 0.0837. The van der Waals surface area contributed by atoms with E-state index >= 15 is 4.39 Å². The Morgan fingerprint density at radius 1 is 1.07 bits per heavy atom. The first-order chi connectivity index (χ1) is 19.5. The molecule has 1 N–H and O–H groups in total. The predicted molar refractivity (Wildman–Crippen MR) is 150 cm³/mol. The number of hydrogen-bond donors (Lipinski definition) is 1. The van der Waals surface area contributed by atoms with Gasteiger partial charge in [-0.05, 0) is 56.0 Å². The molecule has 3 aromatic rings. The van der Waals surface area contributed by atoms with Crippen molar-refractivity contribution in [1.82, 2.24) is 9.88 Å². The fourth-order valence-corrected chi connectivity index (χ4v) is 6.96. The number of sulfonamides is 1. The first-order valence-corrected chi connectivity index (χ1v) is 15.9. The van der Waals surface area contributed by atoms with Crippen LogP contribution in [0.2, 0.25) is 10.0 Å². The van der Waals surface area contributed by atoms with Crippen molar-refractivity contribution in [3.63, 3.8) is 0 Å². The Kier molecular flexibility index (Phi) is 7.24. The van der Waals surface area contributed by atoms with Gasteiger partial charge in [0.1, 0.15) is 23.2 Å². The van der Waals surface area contributed by atoms with E-state index in [9.17, 15) is 18.0 Å². The van der Waals surface area contributed by atoms with Crippen molar-refractivity contribution in [2.75, 3.05) is 11.2 Å². The van der Waals surface area contributed by atoms with Crippen LogP contribution in [0.25, 0.3) is 11.3 Å². The molecule has 3 fully saturated rings. The highest BCUT2D eigenvalue weighted by Gasteiger charge is 2.44. The van der Waals surface area contributed by atoms with Gasteiger partial charge >= 0.3 is 5.97 Å². The van der Waals surface area contributed by atoms with Gasteiger partial charge < -0.3 is 14.2 Å². The number of piperidine rings is 1. The van der Waals surface area contributed by atoms with Crippen molar-refractivity contribution in [3.05, 3.63) is 69.1 Å². The summed E-state index contributed by atoms with van der Waals surface area (Å²) in [5, 5.41) is 4.86. The molecular formula is C28H26Cl2FN3O6S. The van der Waals surface area contributed by atoms with Crippen molar-refractivity contribution >= 4 is 50.8 Å². The summed E-state index contributed by atoms with van der Waals surface area (Å²) in [6, 6.07) is 8.80. The van der Waals surface area contributed by atoms with E-state index in [0.717, 1.165) is 38.0 Å². The zero-order chi connectivity index (χ0) is 29.1. The third-order valence-corrected chi connectivity index (χ3v) is 8.99. The Balaban J connectivity index is 1.21. The number of anilines is 1. The van der Waals surface area contributed by atoms with E-state index < -0.39 is 33.8 Å². The summed E-state index contributed by atoms with van der Waals surface area (Å²) in [5.74, 6) is -1.52. The Bertz CT molecular complexity index is 1620. The summed E-state index contributed by atoms with van der Waals surface area (Å²) in [6.45, 7) is 0. The van der Waals surface area contributed by atoms with E-state index in [1.165, 1.54) is 12.1 Å². The van der Waals surface area contributed by atoms with Gasteiger partial charge in [0, 0.05) is 42.0 Å². The smallest absolute Gasteiger partial charge is 0.344 e. The lowest BCUT2D eigenvalue weighted by molar-refractivity contribution is 0.0202. The molecule has 1 saturated carbocycles. The molecule has 13 heteroatoms. The first-order valence-electron chi connectivity index (χ1n) is 13.2. The minimum Gasteiger partial charge on any atom is -0.458 e. The molecule has 3 heterocycles. The Morgan fingerprint density at radius 2 is 1.73 bits per heavy atom. The van der Waals surface area contributed by atoms with E-state index in [4.69, 9.17) is 32.5 Å². The zero-order valence-electron chi connectivity index (χ0n) is 21.9. The number of ether oxygens (including phenoxy) is 1. The van der Waals surface area contributed by atoms with Crippen LogP contribution in [0.5, 0.6) is 0 Å². The number of benzene rings is 2. The highest BCUT2D eigenvalue weighted by atomic mass is 35.5. The van der Waals surface area contributed by atoms with Gasteiger partial charge in [-0.3, -0.25) is 4.79 Å². The summed E-state index contributed by atoms with van der Waals surface area (Å²) in [5.41, 5.74) is 1.14. The lowest BCUT2D eigenvalue weighted by atomic mass is 9.98. The highest BCUT2D eigenvalue weighted by Crippen LogP contribution is 2.47. The van der Waals surface area contributed by atoms with Gasteiger partial charge in [0.25, 0.3) is 5.91 Å². The van der Waals surface area contributed by atoms with Crippen LogP contribution in [-0.2, 0) is 14.8 Å². The molecule has 2 saturated heterocycles. The minimum atomic E-state index is -3.78. The van der Waals surface area contributed by atoms with Crippen LogP contribution >= 0.6 is 23.2 Å². The molecule has 2 unspecified atom stereocenters. The van der Waals surface area contributed by atoms with Crippen LogP contribution in [0.4, 0.5) is 10.1 Å². The van der Waals surface area contributed by atoms with Crippen LogP contribution in [0.3, 0.4) is 0 Å². The molecule has 1 aliphatic carbocycles. The van der Waals surface area contributed by atoms with Crippen molar-refractivity contribution in [1.29, 1.82) is 0 Å². The van der Waals surface area contributed by atoms with E-state index in [1.807, 2.05) is 9.62 Å². The van der Waals surface area contributed by atoms with Gasteiger partial charge in [-0.1, -0.05) is 34.4 Å².